The van der Waals surface area contributed by atoms with E-state index in [4.69, 9.17) is 4.74 Å². The Kier molecular flexibility index (Phi) is 8.22. The molecule has 2 aromatic carbocycles. The van der Waals surface area contributed by atoms with Crippen LogP contribution in [0.2, 0.25) is 0 Å². The number of nitrogens with one attached hydrogen (secondary N) is 1. The van der Waals surface area contributed by atoms with Gasteiger partial charge >= 0.3 is 0 Å². The predicted octanol–water partition coefficient (Wildman–Crippen LogP) is 3.16. The van der Waals surface area contributed by atoms with Gasteiger partial charge < -0.3 is 10.1 Å². The number of ether oxygens (including phenoxy) is 1. The molecule has 0 spiro atoms. The molecule has 0 bridgehead atoms. The van der Waals surface area contributed by atoms with Gasteiger partial charge in [-0.2, -0.15) is 4.31 Å². The average molecular weight is 419 g/mol. The van der Waals surface area contributed by atoms with Gasteiger partial charge in [0.15, 0.2) is 0 Å². The molecular formula is C22H30N2O4S. The van der Waals surface area contributed by atoms with Crippen molar-refractivity contribution in [2.45, 2.75) is 38.8 Å². The molecule has 6 nitrogen and oxygen atoms in total. The molecule has 0 aliphatic carbocycles. The summed E-state index contributed by atoms with van der Waals surface area (Å²) in [6.45, 7) is 4.44. The van der Waals surface area contributed by atoms with Gasteiger partial charge in [0, 0.05) is 13.6 Å². The highest BCUT2D eigenvalue weighted by Crippen LogP contribution is 2.22. The number of hydrogen-bond donors (Lipinski definition) is 1. The first kappa shape index (κ1) is 22.9. The van der Waals surface area contributed by atoms with Crippen molar-refractivity contribution in [1.82, 2.24) is 9.62 Å². The Bertz CT molecular complexity index is 881. The minimum absolute atomic E-state index is 0.138. The normalized spacial score (nSPS) is 12.8. The lowest BCUT2D eigenvalue weighted by molar-refractivity contribution is -0.124. The van der Waals surface area contributed by atoms with E-state index in [1.165, 1.54) is 7.05 Å². The molecular weight excluding hydrogens is 388 g/mol. The molecule has 0 aromatic heterocycles. The lowest BCUT2D eigenvalue weighted by atomic mass is 10.1. The van der Waals surface area contributed by atoms with E-state index in [-0.39, 0.29) is 12.0 Å². The van der Waals surface area contributed by atoms with Gasteiger partial charge in [-0.05, 0) is 49.9 Å². The van der Waals surface area contributed by atoms with Crippen LogP contribution in [0.4, 0.5) is 0 Å². The molecule has 0 unspecified atom stereocenters. The molecule has 158 valence electrons. The minimum Gasteiger partial charge on any atom is -0.491 e. The minimum atomic E-state index is -3.52. The highest BCUT2D eigenvalue weighted by molar-refractivity contribution is 7.88. The van der Waals surface area contributed by atoms with E-state index in [1.807, 2.05) is 44.2 Å². The van der Waals surface area contributed by atoms with Gasteiger partial charge in [0.1, 0.15) is 11.8 Å². The third kappa shape index (κ3) is 7.18. The fourth-order valence-electron chi connectivity index (χ4n) is 2.96. The summed E-state index contributed by atoms with van der Waals surface area (Å²) in [5, 5.41) is 2.87. The number of hydrogen-bond acceptors (Lipinski definition) is 4. The third-order valence-electron chi connectivity index (χ3n) is 4.49. The molecule has 1 N–H and O–H groups in total. The van der Waals surface area contributed by atoms with Crippen molar-refractivity contribution in [2.75, 3.05) is 19.8 Å². The van der Waals surface area contributed by atoms with Crippen molar-refractivity contribution >= 4 is 15.9 Å². The molecule has 0 saturated carbocycles. The second-order valence-corrected chi connectivity index (χ2v) is 9.34. The van der Waals surface area contributed by atoms with E-state index in [0.29, 0.717) is 12.1 Å². The molecule has 0 aliphatic heterocycles. The molecule has 0 fully saturated rings. The van der Waals surface area contributed by atoms with Gasteiger partial charge in [0.25, 0.3) is 0 Å². The number of likely N-dealkylation sites (N-methyl/N-ethyl adjacent to an activating group) is 1. The van der Waals surface area contributed by atoms with Crippen molar-refractivity contribution in [1.29, 1.82) is 0 Å². The Hall–Kier alpha value is -2.38. The smallest absolute Gasteiger partial charge is 0.242 e. The monoisotopic (exact) mass is 418 g/mol. The highest BCUT2D eigenvalue weighted by Gasteiger charge is 2.30. The number of sulfonamides is 1. The van der Waals surface area contributed by atoms with Gasteiger partial charge in [-0.25, -0.2) is 8.42 Å². The van der Waals surface area contributed by atoms with Gasteiger partial charge in [0.2, 0.25) is 15.9 Å². The van der Waals surface area contributed by atoms with Crippen molar-refractivity contribution in [3.8, 4) is 5.75 Å². The van der Waals surface area contributed by atoms with Crippen molar-refractivity contribution in [3.63, 3.8) is 0 Å². The molecule has 0 heterocycles. The topological polar surface area (TPSA) is 75.7 Å². The van der Waals surface area contributed by atoms with Crippen LogP contribution in [0, 0.1) is 0 Å². The Morgan fingerprint density at radius 1 is 1.07 bits per heavy atom. The van der Waals surface area contributed by atoms with Crippen LogP contribution in [-0.4, -0.2) is 44.6 Å². The van der Waals surface area contributed by atoms with E-state index in [9.17, 15) is 13.2 Å². The number of nitrogens with zero attached hydrogens (tertiary/aromatic N) is 1. The lowest BCUT2D eigenvalue weighted by Crippen LogP contribution is -2.41. The summed E-state index contributed by atoms with van der Waals surface area (Å²) in [5.41, 5.74) is 1.79. The van der Waals surface area contributed by atoms with Crippen molar-refractivity contribution in [2.24, 2.45) is 0 Å². The summed E-state index contributed by atoms with van der Waals surface area (Å²) in [6.07, 6.45) is 2.79. The molecule has 7 heteroatoms. The Balaban J connectivity index is 1.93. The zero-order valence-corrected chi connectivity index (χ0v) is 18.3. The van der Waals surface area contributed by atoms with E-state index >= 15 is 0 Å². The van der Waals surface area contributed by atoms with Gasteiger partial charge in [-0.3, -0.25) is 4.79 Å². The summed E-state index contributed by atoms with van der Waals surface area (Å²) < 4.78 is 30.7. The first-order chi connectivity index (χ1) is 13.7. The van der Waals surface area contributed by atoms with Crippen LogP contribution in [-0.2, 0) is 21.2 Å². The number of benzene rings is 2. The van der Waals surface area contributed by atoms with E-state index in [1.54, 1.807) is 24.3 Å². The maximum absolute atomic E-state index is 12.8. The van der Waals surface area contributed by atoms with Gasteiger partial charge in [-0.1, -0.05) is 42.5 Å². The van der Waals surface area contributed by atoms with Gasteiger partial charge in [-0.15, -0.1) is 0 Å². The zero-order chi connectivity index (χ0) is 21.4. The van der Waals surface area contributed by atoms with Crippen molar-refractivity contribution < 1.29 is 17.9 Å². The van der Waals surface area contributed by atoms with Crippen LogP contribution in [0.3, 0.4) is 0 Å². The third-order valence-corrected chi connectivity index (χ3v) is 5.74. The predicted molar refractivity (Wildman–Crippen MR) is 115 cm³/mol. The van der Waals surface area contributed by atoms with E-state index in [0.717, 1.165) is 34.7 Å². The summed E-state index contributed by atoms with van der Waals surface area (Å²) in [4.78, 5) is 12.8. The van der Waals surface area contributed by atoms with Crippen molar-refractivity contribution in [3.05, 3.63) is 65.7 Å². The standard InChI is InChI=1S/C22H30N2O4S/c1-17(2)28-20-14-12-18(13-15-20)9-8-16-23-22(25)21(24(3)29(4,26)27)19-10-6-5-7-11-19/h5-7,10-15,17,21H,8-9,16H2,1-4H3,(H,23,25)/t21-/m0/s1. The molecule has 2 aromatic rings. The average Bonchev–Trinajstić information content (AvgIpc) is 2.66. The van der Waals surface area contributed by atoms with Crippen LogP contribution in [0.15, 0.2) is 54.6 Å². The number of carbonyl (C=O) groups is 1. The van der Waals surface area contributed by atoms with Crippen LogP contribution < -0.4 is 10.1 Å². The summed E-state index contributed by atoms with van der Waals surface area (Å²) in [7, 11) is -2.10. The number of carbonyl (C=O) groups excluding carboxylic acids is 1. The molecule has 1 atom stereocenters. The van der Waals surface area contributed by atoms with Crippen LogP contribution in [0.25, 0.3) is 0 Å². The number of amides is 1. The Labute approximate surface area is 173 Å². The molecule has 2 rings (SSSR count). The molecule has 29 heavy (non-hydrogen) atoms. The SMILES string of the molecule is CC(C)Oc1ccc(CCCNC(=O)[C@H](c2ccccc2)N(C)S(C)(=O)=O)cc1. The quantitative estimate of drug-likeness (QED) is 0.602. The maximum Gasteiger partial charge on any atom is 0.242 e. The zero-order valence-electron chi connectivity index (χ0n) is 17.5. The molecule has 0 aliphatic rings. The van der Waals surface area contributed by atoms with Crippen LogP contribution in [0.5, 0.6) is 5.75 Å². The van der Waals surface area contributed by atoms with E-state index < -0.39 is 16.1 Å². The number of rotatable bonds is 10. The summed E-state index contributed by atoms with van der Waals surface area (Å²) in [5.74, 6) is 0.511. The molecule has 0 saturated heterocycles. The van der Waals surface area contributed by atoms with Crippen LogP contribution >= 0.6 is 0 Å². The number of aryl methyl sites for hydroxylation is 1. The first-order valence-corrected chi connectivity index (χ1v) is 11.5. The summed E-state index contributed by atoms with van der Waals surface area (Å²) in [6, 6.07) is 16.0. The highest BCUT2D eigenvalue weighted by atomic mass is 32.2. The lowest BCUT2D eigenvalue weighted by Gasteiger charge is -2.25. The van der Waals surface area contributed by atoms with Crippen LogP contribution in [0.1, 0.15) is 37.4 Å². The van der Waals surface area contributed by atoms with Gasteiger partial charge in [0.05, 0.1) is 12.4 Å². The fourth-order valence-corrected chi connectivity index (χ4v) is 3.56. The Morgan fingerprint density at radius 2 is 1.69 bits per heavy atom. The largest absolute Gasteiger partial charge is 0.491 e. The fraction of sp³-hybridized carbons (Fsp3) is 0.409. The second kappa shape index (κ2) is 10.4. The first-order valence-electron chi connectivity index (χ1n) is 9.69. The molecule has 1 amide bonds. The van der Waals surface area contributed by atoms with E-state index in [2.05, 4.69) is 5.32 Å². The Morgan fingerprint density at radius 3 is 2.24 bits per heavy atom. The molecule has 0 radical (unpaired) electrons. The second-order valence-electron chi connectivity index (χ2n) is 7.30. The maximum atomic E-state index is 12.8. The summed E-state index contributed by atoms with van der Waals surface area (Å²) >= 11 is 0.